The van der Waals surface area contributed by atoms with Gasteiger partial charge in [0.15, 0.2) is 0 Å². The fraction of sp³-hybridized carbons (Fsp3) is 0.273. The Morgan fingerprint density at radius 2 is 2.25 bits per heavy atom. The fourth-order valence-corrected chi connectivity index (χ4v) is 1.88. The monoisotopic (exact) mass is 235 g/mol. The number of hydrogen-bond donors (Lipinski definition) is 1. The third kappa shape index (κ3) is 2.56. The van der Waals surface area contributed by atoms with Gasteiger partial charge in [0.1, 0.15) is 10.8 Å². The number of nitrogens with zero attached hydrogens (tertiary/aromatic N) is 2. The van der Waals surface area contributed by atoms with Gasteiger partial charge < -0.3 is 10.5 Å². The molecule has 84 valence electrons. The highest BCUT2D eigenvalue weighted by molar-refractivity contribution is 7.13. The predicted octanol–water partition coefficient (Wildman–Crippen LogP) is 2.35. The first kappa shape index (κ1) is 11.0. The Morgan fingerprint density at radius 3 is 2.94 bits per heavy atom. The summed E-state index contributed by atoms with van der Waals surface area (Å²) in [4.78, 5) is 0. The molecule has 0 atom stereocenters. The summed E-state index contributed by atoms with van der Waals surface area (Å²) in [6, 6.07) is 7.95. The van der Waals surface area contributed by atoms with Crippen molar-refractivity contribution in [1.82, 2.24) is 10.2 Å². The van der Waals surface area contributed by atoms with Crippen molar-refractivity contribution in [2.75, 3.05) is 0 Å². The summed E-state index contributed by atoms with van der Waals surface area (Å²) in [5.41, 5.74) is 6.69. The zero-order chi connectivity index (χ0) is 11.4. The zero-order valence-electron chi connectivity index (χ0n) is 9.01. The van der Waals surface area contributed by atoms with Gasteiger partial charge in [-0.15, -0.1) is 5.10 Å². The lowest BCUT2D eigenvalue weighted by Gasteiger charge is -2.02. The van der Waals surface area contributed by atoms with Crippen LogP contribution in [0.2, 0.25) is 0 Å². The molecule has 4 nitrogen and oxygen atoms in total. The number of hydrogen-bond acceptors (Lipinski definition) is 5. The van der Waals surface area contributed by atoms with E-state index in [2.05, 4.69) is 23.2 Å². The van der Waals surface area contributed by atoms with Crippen LogP contribution in [0, 0.1) is 0 Å². The van der Waals surface area contributed by atoms with Crippen LogP contribution in [-0.4, -0.2) is 10.2 Å². The summed E-state index contributed by atoms with van der Waals surface area (Å²) in [5.74, 6) is 0.791. The van der Waals surface area contributed by atoms with Crippen molar-refractivity contribution < 1.29 is 4.74 Å². The molecular weight excluding hydrogens is 222 g/mol. The van der Waals surface area contributed by atoms with E-state index in [1.54, 1.807) is 0 Å². The van der Waals surface area contributed by atoms with E-state index in [-0.39, 0.29) is 0 Å². The number of nitrogens with two attached hydrogens (primary N) is 1. The van der Waals surface area contributed by atoms with Crippen LogP contribution >= 0.6 is 11.3 Å². The summed E-state index contributed by atoms with van der Waals surface area (Å²) in [5, 5.41) is 9.11. The zero-order valence-corrected chi connectivity index (χ0v) is 9.83. The largest absolute Gasteiger partial charge is 0.430 e. The third-order valence-corrected chi connectivity index (χ3v) is 2.96. The van der Waals surface area contributed by atoms with Crippen molar-refractivity contribution in [2.45, 2.75) is 19.9 Å². The highest BCUT2D eigenvalue weighted by Crippen LogP contribution is 2.25. The minimum atomic E-state index is 0.399. The maximum absolute atomic E-state index is 5.59. The van der Waals surface area contributed by atoms with E-state index in [4.69, 9.17) is 10.5 Å². The van der Waals surface area contributed by atoms with Crippen molar-refractivity contribution in [3.8, 4) is 10.9 Å². The highest BCUT2D eigenvalue weighted by Gasteiger charge is 2.04. The van der Waals surface area contributed by atoms with E-state index in [0.29, 0.717) is 11.7 Å². The van der Waals surface area contributed by atoms with Gasteiger partial charge in [-0.2, -0.15) is 0 Å². The Labute approximate surface area is 98.1 Å². The highest BCUT2D eigenvalue weighted by atomic mass is 32.1. The SMILES string of the molecule is CCc1cccc(Oc2nnc(CN)s2)c1. The van der Waals surface area contributed by atoms with Crippen molar-refractivity contribution in [3.63, 3.8) is 0 Å². The smallest absolute Gasteiger partial charge is 0.299 e. The van der Waals surface area contributed by atoms with Crippen molar-refractivity contribution in [3.05, 3.63) is 34.8 Å². The molecule has 0 saturated heterocycles. The number of aryl methyl sites for hydroxylation is 1. The van der Waals surface area contributed by atoms with Crippen LogP contribution < -0.4 is 10.5 Å². The van der Waals surface area contributed by atoms with Gasteiger partial charge in [0.05, 0.1) is 0 Å². The lowest BCUT2D eigenvalue weighted by Crippen LogP contribution is -1.94. The lowest BCUT2D eigenvalue weighted by atomic mass is 10.2. The summed E-state index contributed by atoms with van der Waals surface area (Å²) < 4.78 is 5.59. The summed E-state index contributed by atoms with van der Waals surface area (Å²) in [6.07, 6.45) is 0.987. The van der Waals surface area contributed by atoms with Crippen LogP contribution in [0.4, 0.5) is 0 Å². The first-order valence-electron chi connectivity index (χ1n) is 5.11. The molecule has 0 spiro atoms. The Balaban J connectivity index is 2.13. The van der Waals surface area contributed by atoms with Gasteiger partial charge in [-0.25, -0.2) is 0 Å². The quantitative estimate of drug-likeness (QED) is 0.883. The van der Waals surface area contributed by atoms with Gasteiger partial charge in [-0.1, -0.05) is 35.5 Å². The van der Waals surface area contributed by atoms with E-state index < -0.39 is 0 Å². The maximum atomic E-state index is 5.59. The minimum Gasteiger partial charge on any atom is -0.430 e. The molecular formula is C11H13N3OS. The minimum absolute atomic E-state index is 0.399. The molecule has 0 radical (unpaired) electrons. The number of benzene rings is 1. The molecule has 2 aromatic rings. The molecule has 0 aliphatic rings. The van der Waals surface area contributed by atoms with E-state index in [0.717, 1.165) is 17.2 Å². The molecule has 1 heterocycles. The molecule has 1 aromatic heterocycles. The first-order chi connectivity index (χ1) is 7.81. The second-order valence-electron chi connectivity index (χ2n) is 3.27. The lowest BCUT2D eigenvalue weighted by molar-refractivity contribution is 0.472. The maximum Gasteiger partial charge on any atom is 0.299 e. The standard InChI is InChI=1S/C11H13N3OS/c1-2-8-4-3-5-9(6-8)15-11-14-13-10(7-12)16-11/h3-6H,2,7,12H2,1H3. The van der Waals surface area contributed by atoms with E-state index in [1.807, 2.05) is 18.2 Å². The van der Waals surface area contributed by atoms with E-state index in [9.17, 15) is 0 Å². The summed E-state index contributed by atoms with van der Waals surface area (Å²) in [7, 11) is 0. The van der Waals surface area contributed by atoms with Crippen LogP contribution in [0.15, 0.2) is 24.3 Å². The molecule has 16 heavy (non-hydrogen) atoms. The molecule has 0 bridgehead atoms. The Hall–Kier alpha value is -1.46. The average molecular weight is 235 g/mol. The van der Waals surface area contributed by atoms with Crippen LogP contribution in [0.25, 0.3) is 0 Å². The number of rotatable bonds is 4. The molecule has 0 aliphatic heterocycles. The topological polar surface area (TPSA) is 61.0 Å². The van der Waals surface area contributed by atoms with Crippen LogP contribution in [0.1, 0.15) is 17.5 Å². The molecule has 0 amide bonds. The van der Waals surface area contributed by atoms with Crippen LogP contribution in [0.3, 0.4) is 0 Å². The second kappa shape index (κ2) is 5.05. The third-order valence-electron chi connectivity index (χ3n) is 2.13. The molecule has 2 N–H and O–H groups in total. The summed E-state index contributed by atoms with van der Waals surface area (Å²) in [6.45, 7) is 2.51. The molecule has 0 saturated carbocycles. The van der Waals surface area contributed by atoms with Gasteiger partial charge in [-0.3, -0.25) is 0 Å². The Morgan fingerprint density at radius 1 is 1.38 bits per heavy atom. The molecule has 0 unspecified atom stereocenters. The number of ether oxygens (including phenoxy) is 1. The van der Waals surface area contributed by atoms with Crippen molar-refractivity contribution >= 4 is 11.3 Å². The van der Waals surface area contributed by atoms with Gasteiger partial charge in [0, 0.05) is 6.54 Å². The summed E-state index contributed by atoms with van der Waals surface area (Å²) >= 11 is 1.37. The van der Waals surface area contributed by atoms with Crippen molar-refractivity contribution in [2.24, 2.45) is 5.73 Å². The van der Waals surface area contributed by atoms with Crippen LogP contribution in [0.5, 0.6) is 10.9 Å². The predicted molar refractivity (Wildman–Crippen MR) is 63.7 cm³/mol. The molecule has 0 aliphatic carbocycles. The van der Waals surface area contributed by atoms with E-state index in [1.165, 1.54) is 16.9 Å². The van der Waals surface area contributed by atoms with Gasteiger partial charge in [-0.05, 0) is 24.1 Å². The normalized spacial score (nSPS) is 10.4. The van der Waals surface area contributed by atoms with Gasteiger partial charge >= 0.3 is 0 Å². The van der Waals surface area contributed by atoms with Gasteiger partial charge in [0.25, 0.3) is 5.19 Å². The Bertz CT molecular complexity index is 470. The molecule has 2 rings (SSSR count). The molecule has 1 aromatic carbocycles. The van der Waals surface area contributed by atoms with Crippen LogP contribution in [-0.2, 0) is 13.0 Å². The molecule has 5 heteroatoms. The first-order valence-corrected chi connectivity index (χ1v) is 5.92. The number of aromatic nitrogens is 2. The Kier molecular flexibility index (Phi) is 3.48. The fourth-order valence-electron chi connectivity index (χ4n) is 1.29. The van der Waals surface area contributed by atoms with E-state index >= 15 is 0 Å². The molecule has 0 fully saturated rings. The van der Waals surface area contributed by atoms with Gasteiger partial charge in [0.2, 0.25) is 0 Å². The van der Waals surface area contributed by atoms with Crippen molar-refractivity contribution in [1.29, 1.82) is 0 Å². The average Bonchev–Trinajstić information content (AvgIpc) is 2.77. The second-order valence-corrected chi connectivity index (χ2v) is 4.29.